The molecule has 0 radical (unpaired) electrons. The van der Waals surface area contributed by atoms with Crippen LogP contribution in [-0.4, -0.2) is 17.2 Å². The molecular weight excluding hydrogens is 366 g/mol. The number of urea groups is 1. The molecule has 1 aliphatic rings. The van der Waals surface area contributed by atoms with Gasteiger partial charge in [-0.15, -0.1) is 0 Å². The Bertz CT molecular complexity index is 1060. The molecule has 1 aliphatic carbocycles. The Kier molecular flexibility index (Phi) is 5.14. The van der Waals surface area contributed by atoms with Gasteiger partial charge in [0.25, 0.3) is 0 Å². The van der Waals surface area contributed by atoms with Gasteiger partial charge in [-0.25, -0.2) is 4.79 Å². The van der Waals surface area contributed by atoms with Gasteiger partial charge in [-0.1, -0.05) is 24.3 Å². The van der Waals surface area contributed by atoms with Crippen LogP contribution in [-0.2, 0) is 6.42 Å². The zero-order chi connectivity index (χ0) is 20.2. The van der Waals surface area contributed by atoms with Crippen LogP contribution in [0.25, 0.3) is 0 Å². The van der Waals surface area contributed by atoms with Crippen molar-refractivity contribution in [2.45, 2.75) is 18.6 Å². The number of aliphatic hydroxyl groups is 1. The summed E-state index contributed by atoms with van der Waals surface area (Å²) in [5, 5.41) is 24.7. The minimum absolute atomic E-state index is 0.383. The first-order valence-corrected chi connectivity index (χ1v) is 9.24. The topological polar surface area (TPSA) is 94.4 Å². The molecule has 0 bridgehead atoms. The Morgan fingerprint density at radius 3 is 2.34 bits per heavy atom. The summed E-state index contributed by atoms with van der Waals surface area (Å²) < 4.78 is 5.73. The lowest BCUT2D eigenvalue weighted by molar-refractivity contribution is 0.144. The highest BCUT2D eigenvalue weighted by Gasteiger charge is 2.31. The van der Waals surface area contributed by atoms with Gasteiger partial charge in [-0.2, -0.15) is 5.26 Å². The van der Waals surface area contributed by atoms with Crippen molar-refractivity contribution in [3.8, 4) is 17.6 Å². The van der Waals surface area contributed by atoms with E-state index in [-0.39, 0.29) is 6.03 Å². The number of nitriles is 1. The normalized spacial score (nSPS) is 17.1. The molecule has 2 atom stereocenters. The number of amides is 2. The molecule has 0 unspecified atom stereocenters. The van der Waals surface area contributed by atoms with E-state index in [1.807, 2.05) is 24.3 Å². The number of carbonyl (C=O) groups excluding carboxylic acids is 1. The molecule has 29 heavy (non-hydrogen) atoms. The maximum atomic E-state index is 12.4. The first-order valence-electron chi connectivity index (χ1n) is 9.24. The van der Waals surface area contributed by atoms with Crippen molar-refractivity contribution >= 4 is 11.7 Å². The standard InChI is InChI=1S/C23H19N3O3/c24-14-15-5-9-18(10-6-15)29-19-11-7-17(8-12-19)25-23(28)26-22-20-4-2-1-3-16(20)13-21(22)27/h1-12,21-22,27H,13H2,(H2,25,26,28)/t21-,22+/m0/s1. The molecule has 4 rings (SSSR count). The van der Waals surface area contributed by atoms with Crippen molar-refractivity contribution in [3.63, 3.8) is 0 Å². The molecular formula is C23H19N3O3. The van der Waals surface area contributed by atoms with E-state index in [1.54, 1.807) is 48.5 Å². The quantitative estimate of drug-likeness (QED) is 0.629. The summed E-state index contributed by atoms with van der Waals surface area (Å²) in [5.74, 6) is 1.23. The zero-order valence-electron chi connectivity index (χ0n) is 15.5. The van der Waals surface area contributed by atoms with E-state index in [9.17, 15) is 9.90 Å². The van der Waals surface area contributed by atoms with Gasteiger partial charge in [-0.05, 0) is 59.7 Å². The lowest BCUT2D eigenvalue weighted by Gasteiger charge is -2.18. The third-order valence-electron chi connectivity index (χ3n) is 4.82. The SMILES string of the molecule is N#Cc1ccc(Oc2ccc(NC(=O)N[C@@H]3c4ccccc4C[C@@H]3O)cc2)cc1. The molecule has 3 aromatic rings. The molecule has 0 aliphatic heterocycles. The third kappa shape index (κ3) is 4.21. The molecule has 144 valence electrons. The van der Waals surface area contributed by atoms with Gasteiger partial charge in [0.2, 0.25) is 0 Å². The molecule has 0 saturated heterocycles. The molecule has 0 spiro atoms. The van der Waals surface area contributed by atoms with E-state index < -0.39 is 12.1 Å². The van der Waals surface area contributed by atoms with Crippen LogP contribution in [0.1, 0.15) is 22.7 Å². The van der Waals surface area contributed by atoms with Crippen LogP contribution in [0.15, 0.2) is 72.8 Å². The Morgan fingerprint density at radius 1 is 1.00 bits per heavy atom. The fourth-order valence-electron chi connectivity index (χ4n) is 3.40. The van der Waals surface area contributed by atoms with Crippen molar-refractivity contribution in [2.24, 2.45) is 0 Å². The summed E-state index contributed by atoms with van der Waals surface area (Å²) in [6.45, 7) is 0. The Balaban J connectivity index is 1.36. The van der Waals surface area contributed by atoms with Gasteiger partial charge < -0.3 is 20.5 Å². The molecule has 0 aromatic heterocycles. The first kappa shape index (κ1) is 18.5. The maximum Gasteiger partial charge on any atom is 0.319 e. The zero-order valence-corrected chi connectivity index (χ0v) is 15.5. The number of ether oxygens (including phenoxy) is 1. The number of fused-ring (bicyclic) bond motifs is 1. The summed E-state index contributed by atoms with van der Waals surface area (Å²) in [7, 11) is 0. The number of rotatable bonds is 4. The number of nitrogens with zero attached hydrogens (tertiary/aromatic N) is 1. The van der Waals surface area contributed by atoms with Crippen LogP contribution in [0.4, 0.5) is 10.5 Å². The molecule has 0 fully saturated rings. The average Bonchev–Trinajstić information content (AvgIpc) is 3.05. The van der Waals surface area contributed by atoms with Crippen LogP contribution < -0.4 is 15.4 Å². The predicted octanol–water partition coefficient (Wildman–Crippen LogP) is 4.13. The largest absolute Gasteiger partial charge is 0.457 e. The van der Waals surface area contributed by atoms with Crippen LogP contribution in [0.3, 0.4) is 0 Å². The lowest BCUT2D eigenvalue weighted by atomic mass is 10.1. The van der Waals surface area contributed by atoms with Gasteiger partial charge in [0.15, 0.2) is 0 Å². The second kappa shape index (κ2) is 8.05. The second-order valence-corrected chi connectivity index (χ2v) is 6.81. The Labute approximate surface area is 168 Å². The van der Waals surface area contributed by atoms with Crippen LogP contribution >= 0.6 is 0 Å². The van der Waals surface area contributed by atoms with Crippen LogP contribution in [0.5, 0.6) is 11.5 Å². The number of aliphatic hydroxyl groups excluding tert-OH is 1. The van der Waals surface area contributed by atoms with Gasteiger partial charge in [0.1, 0.15) is 11.5 Å². The van der Waals surface area contributed by atoms with E-state index >= 15 is 0 Å². The van der Waals surface area contributed by atoms with Gasteiger partial charge in [0, 0.05) is 12.1 Å². The fraction of sp³-hybridized carbons (Fsp3) is 0.130. The van der Waals surface area contributed by atoms with Crippen molar-refractivity contribution in [1.82, 2.24) is 5.32 Å². The molecule has 3 aromatic carbocycles. The Morgan fingerprint density at radius 2 is 1.66 bits per heavy atom. The number of carbonyl (C=O) groups is 1. The molecule has 3 N–H and O–H groups in total. The monoisotopic (exact) mass is 385 g/mol. The molecule has 6 nitrogen and oxygen atoms in total. The second-order valence-electron chi connectivity index (χ2n) is 6.81. The lowest BCUT2D eigenvalue weighted by Crippen LogP contribution is -2.36. The number of anilines is 1. The number of benzene rings is 3. The minimum Gasteiger partial charge on any atom is -0.457 e. The number of hydrogen-bond donors (Lipinski definition) is 3. The van der Waals surface area contributed by atoms with E-state index in [0.717, 1.165) is 11.1 Å². The third-order valence-corrected chi connectivity index (χ3v) is 4.82. The highest BCUT2D eigenvalue weighted by atomic mass is 16.5. The number of hydrogen-bond acceptors (Lipinski definition) is 4. The van der Waals surface area contributed by atoms with E-state index in [2.05, 4.69) is 16.7 Å². The highest BCUT2D eigenvalue weighted by Crippen LogP contribution is 2.31. The van der Waals surface area contributed by atoms with E-state index in [0.29, 0.717) is 29.2 Å². The summed E-state index contributed by atoms with van der Waals surface area (Å²) >= 11 is 0. The molecule has 0 heterocycles. The van der Waals surface area contributed by atoms with Crippen molar-refractivity contribution in [1.29, 1.82) is 5.26 Å². The van der Waals surface area contributed by atoms with Crippen molar-refractivity contribution in [2.75, 3.05) is 5.32 Å². The molecule has 0 saturated carbocycles. The summed E-state index contributed by atoms with van der Waals surface area (Å²) in [4.78, 5) is 12.4. The molecule has 2 amide bonds. The first-order chi connectivity index (χ1) is 14.1. The van der Waals surface area contributed by atoms with Crippen molar-refractivity contribution < 1.29 is 14.6 Å². The van der Waals surface area contributed by atoms with Crippen LogP contribution in [0, 0.1) is 11.3 Å². The Hall–Kier alpha value is -3.82. The minimum atomic E-state index is -0.638. The van der Waals surface area contributed by atoms with Gasteiger partial charge in [0.05, 0.1) is 23.8 Å². The summed E-state index contributed by atoms with van der Waals surface area (Å²) in [6, 6.07) is 22.7. The number of nitrogens with one attached hydrogen (secondary N) is 2. The van der Waals surface area contributed by atoms with E-state index in [4.69, 9.17) is 10.00 Å². The van der Waals surface area contributed by atoms with Crippen molar-refractivity contribution in [3.05, 3.63) is 89.5 Å². The van der Waals surface area contributed by atoms with Gasteiger partial charge >= 0.3 is 6.03 Å². The summed E-state index contributed by atoms with van der Waals surface area (Å²) in [5.41, 5.74) is 3.17. The van der Waals surface area contributed by atoms with Crippen LogP contribution in [0.2, 0.25) is 0 Å². The maximum absolute atomic E-state index is 12.4. The van der Waals surface area contributed by atoms with Gasteiger partial charge in [-0.3, -0.25) is 0 Å². The summed E-state index contributed by atoms with van der Waals surface area (Å²) in [6.07, 6.45) is -0.107. The average molecular weight is 385 g/mol. The highest BCUT2D eigenvalue weighted by molar-refractivity contribution is 5.89. The fourth-order valence-corrected chi connectivity index (χ4v) is 3.40. The predicted molar refractivity (Wildman–Crippen MR) is 109 cm³/mol. The van der Waals surface area contributed by atoms with E-state index in [1.165, 1.54) is 0 Å². The smallest absolute Gasteiger partial charge is 0.319 e. The molecule has 6 heteroatoms.